The normalized spacial score (nSPS) is 23.8. The van der Waals surface area contributed by atoms with E-state index in [-0.39, 0.29) is 30.4 Å². The van der Waals surface area contributed by atoms with E-state index in [1.54, 1.807) is 18.2 Å². The molecule has 1 aliphatic carbocycles. The summed E-state index contributed by atoms with van der Waals surface area (Å²) in [5.74, 6) is 0.0973. The van der Waals surface area contributed by atoms with Crippen LogP contribution in [0.3, 0.4) is 0 Å². The lowest BCUT2D eigenvalue weighted by Crippen LogP contribution is -2.26. The summed E-state index contributed by atoms with van der Waals surface area (Å²) < 4.78 is 5.26. The Kier molecular flexibility index (Phi) is 3.15. The maximum absolute atomic E-state index is 12.1. The lowest BCUT2D eigenvalue weighted by Gasteiger charge is -2.19. The Morgan fingerprint density at radius 3 is 3.00 bits per heavy atom. The zero-order valence-electron chi connectivity index (χ0n) is 10.8. The highest BCUT2D eigenvalue weighted by Crippen LogP contribution is 2.30. The summed E-state index contributed by atoms with van der Waals surface area (Å²) in [6.07, 6.45) is 4.28. The Bertz CT molecular complexity index is 597. The third-order valence-corrected chi connectivity index (χ3v) is 3.33. The zero-order valence-corrected chi connectivity index (χ0v) is 10.8. The summed E-state index contributed by atoms with van der Waals surface area (Å²) >= 11 is 0. The van der Waals surface area contributed by atoms with Gasteiger partial charge in [0, 0.05) is 11.7 Å². The third kappa shape index (κ3) is 2.50. The number of nitrogens with two attached hydrogens (primary N) is 1. The van der Waals surface area contributed by atoms with Crippen molar-refractivity contribution in [3.63, 3.8) is 0 Å². The molecule has 0 radical (unpaired) electrons. The molecule has 1 aromatic rings. The van der Waals surface area contributed by atoms with Gasteiger partial charge in [-0.15, -0.1) is 0 Å². The van der Waals surface area contributed by atoms with Gasteiger partial charge in [0.1, 0.15) is 5.75 Å². The van der Waals surface area contributed by atoms with Gasteiger partial charge in [0.25, 0.3) is 5.91 Å². The van der Waals surface area contributed by atoms with Crippen LogP contribution >= 0.6 is 0 Å². The first-order chi connectivity index (χ1) is 9.61. The molecule has 0 bridgehead atoms. The molecule has 0 aromatic heterocycles. The van der Waals surface area contributed by atoms with E-state index in [1.807, 2.05) is 12.2 Å². The van der Waals surface area contributed by atoms with Crippen molar-refractivity contribution in [2.75, 3.05) is 17.2 Å². The van der Waals surface area contributed by atoms with Gasteiger partial charge in [-0.25, -0.2) is 0 Å². The van der Waals surface area contributed by atoms with E-state index in [0.717, 1.165) is 0 Å². The Morgan fingerprint density at radius 2 is 2.25 bits per heavy atom. The van der Waals surface area contributed by atoms with Gasteiger partial charge < -0.3 is 21.1 Å². The molecule has 6 heteroatoms. The number of amides is 2. The summed E-state index contributed by atoms with van der Waals surface area (Å²) in [4.78, 5) is 23.3. The van der Waals surface area contributed by atoms with Crippen molar-refractivity contribution in [3.05, 3.63) is 30.4 Å². The topological polar surface area (TPSA) is 93.5 Å². The second-order valence-electron chi connectivity index (χ2n) is 4.93. The second-order valence-corrected chi connectivity index (χ2v) is 4.93. The van der Waals surface area contributed by atoms with Gasteiger partial charge in [-0.2, -0.15) is 0 Å². The van der Waals surface area contributed by atoms with Gasteiger partial charge in [0.05, 0.1) is 11.6 Å². The van der Waals surface area contributed by atoms with Crippen molar-refractivity contribution in [1.29, 1.82) is 0 Å². The first kappa shape index (κ1) is 12.7. The van der Waals surface area contributed by atoms with Crippen LogP contribution in [0.2, 0.25) is 0 Å². The van der Waals surface area contributed by atoms with Crippen molar-refractivity contribution in [2.45, 2.75) is 12.5 Å². The van der Waals surface area contributed by atoms with Crippen LogP contribution in [-0.2, 0) is 9.59 Å². The first-order valence-corrected chi connectivity index (χ1v) is 6.43. The molecule has 1 heterocycles. The number of ether oxygens (including phenoxy) is 1. The maximum atomic E-state index is 12.1. The van der Waals surface area contributed by atoms with E-state index >= 15 is 0 Å². The Hall–Kier alpha value is -2.34. The lowest BCUT2D eigenvalue weighted by atomic mass is 10.1. The molecule has 6 nitrogen and oxygen atoms in total. The summed E-state index contributed by atoms with van der Waals surface area (Å²) in [6.45, 7) is 0.0173. The smallest absolute Gasteiger partial charge is 0.262 e. The molecule has 20 heavy (non-hydrogen) atoms. The van der Waals surface area contributed by atoms with Crippen molar-refractivity contribution < 1.29 is 14.3 Å². The number of carbonyl (C=O) groups excluding carboxylic acids is 2. The van der Waals surface area contributed by atoms with Crippen molar-refractivity contribution in [1.82, 2.24) is 0 Å². The Labute approximate surface area is 116 Å². The molecule has 1 aromatic carbocycles. The van der Waals surface area contributed by atoms with Crippen LogP contribution < -0.4 is 21.1 Å². The highest BCUT2D eigenvalue weighted by atomic mass is 16.5. The van der Waals surface area contributed by atoms with Gasteiger partial charge in [0.2, 0.25) is 5.91 Å². The minimum absolute atomic E-state index is 0.0173. The first-order valence-electron chi connectivity index (χ1n) is 6.43. The predicted octanol–water partition coefficient (Wildman–Crippen LogP) is 0.859. The predicted molar refractivity (Wildman–Crippen MR) is 74.4 cm³/mol. The quantitative estimate of drug-likeness (QED) is 0.697. The highest BCUT2D eigenvalue weighted by molar-refractivity contribution is 5.98. The molecule has 4 N–H and O–H groups in total. The van der Waals surface area contributed by atoms with E-state index in [9.17, 15) is 9.59 Å². The van der Waals surface area contributed by atoms with Gasteiger partial charge in [-0.05, 0) is 24.6 Å². The third-order valence-electron chi connectivity index (χ3n) is 3.33. The average molecular weight is 273 g/mol. The van der Waals surface area contributed by atoms with E-state index in [0.29, 0.717) is 23.5 Å². The van der Waals surface area contributed by atoms with Gasteiger partial charge in [-0.1, -0.05) is 12.2 Å². The highest BCUT2D eigenvalue weighted by Gasteiger charge is 2.23. The van der Waals surface area contributed by atoms with Crippen LogP contribution in [0.15, 0.2) is 30.4 Å². The summed E-state index contributed by atoms with van der Waals surface area (Å²) in [5, 5.41) is 5.52. The number of hydrogen-bond donors (Lipinski definition) is 3. The van der Waals surface area contributed by atoms with Gasteiger partial charge in [0.15, 0.2) is 6.61 Å². The molecule has 2 aliphatic rings. The number of rotatable bonds is 2. The molecule has 104 valence electrons. The number of fused-ring (bicyclic) bond motifs is 1. The minimum atomic E-state index is -0.203. The van der Waals surface area contributed by atoms with Crippen molar-refractivity contribution in [2.24, 2.45) is 11.7 Å². The Balaban J connectivity index is 1.72. The van der Waals surface area contributed by atoms with E-state index in [4.69, 9.17) is 10.5 Å². The molecule has 2 unspecified atom stereocenters. The standard InChI is InChI=1S/C14H15N3O3/c15-9-2-1-8(5-9)14(19)16-10-3-4-12-11(6-10)17-13(18)7-20-12/h1-4,6,8-9H,5,7,15H2,(H,16,19)(H,17,18). The Morgan fingerprint density at radius 1 is 1.40 bits per heavy atom. The van der Waals surface area contributed by atoms with Crippen LogP contribution in [0.1, 0.15) is 6.42 Å². The van der Waals surface area contributed by atoms with Crippen molar-refractivity contribution >= 4 is 23.2 Å². The van der Waals surface area contributed by atoms with Crippen LogP contribution in [0.5, 0.6) is 5.75 Å². The van der Waals surface area contributed by atoms with E-state index < -0.39 is 0 Å². The minimum Gasteiger partial charge on any atom is -0.482 e. The molecule has 3 rings (SSSR count). The molecular formula is C14H15N3O3. The SMILES string of the molecule is NC1C=CC(C(=O)Nc2ccc3c(c2)NC(=O)CO3)C1. The van der Waals surface area contributed by atoms with E-state index in [1.165, 1.54) is 0 Å². The largest absolute Gasteiger partial charge is 0.482 e. The van der Waals surface area contributed by atoms with Crippen LogP contribution in [0, 0.1) is 5.92 Å². The fourth-order valence-corrected chi connectivity index (χ4v) is 2.32. The van der Waals surface area contributed by atoms with Crippen LogP contribution in [0.4, 0.5) is 11.4 Å². The molecule has 0 spiro atoms. The van der Waals surface area contributed by atoms with Gasteiger partial charge in [-0.3, -0.25) is 9.59 Å². The van der Waals surface area contributed by atoms with E-state index in [2.05, 4.69) is 10.6 Å². The van der Waals surface area contributed by atoms with Crippen LogP contribution in [-0.4, -0.2) is 24.5 Å². The summed E-state index contributed by atoms with van der Waals surface area (Å²) in [7, 11) is 0. The zero-order chi connectivity index (χ0) is 14.1. The fourth-order valence-electron chi connectivity index (χ4n) is 2.32. The second kappa shape index (κ2) is 4.97. The molecule has 2 atom stereocenters. The molecule has 0 fully saturated rings. The number of benzene rings is 1. The molecule has 0 saturated heterocycles. The van der Waals surface area contributed by atoms with Crippen molar-refractivity contribution in [3.8, 4) is 5.75 Å². The average Bonchev–Trinajstić information content (AvgIpc) is 2.85. The number of hydrogen-bond acceptors (Lipinski definition) is 4. The summed E-state index contributed by atoms with van der Waals surface area (Å²) in [5.41, 5.74) is 6.92. The molecular weight excluding hydrogens is 258 g/mol. The number of carbonyl (C=O) groups is 2. The number of nitrogens with one attached hydrogen (secondary N) is 2. The number of anilines is 2. The fraction of sp³-hybridized carbons (Fsp3) is 0.286. The molecule has 1 aliphatic heterocycles. The summed E-state index contributed by atoms with van der Waals surface area (Å²) in [6, 6.07) is 5.10. The molecule has 2 amide bonds. The van der Waals surface area contributed by atoms with Gasteiger partial charge >= 0.3 is 0 Å². The maximum Gasteiger partial charge on any atom is 0.262 e. The van der Waals surface area contributed by atoms with Crippen LogP contribution in [0.25, 0.3) is 0 Å². The monoisotopic (exact) mass is 273 g/mol. The lowest BCUT2D eigenvalue weighted by molar-refractivity contribution is -0.119. The molecule has 0 saturated carbocycles.